The molecule has 1 saturated heterocycles. The molecule has 1 aliphatic heterocycles. The molecule has 2 heterocycles. The summed E-state index contributed by atoms with van der Waals surface area (Å²) < 4.78 is 0. The highest BCUT2D eigenvalue weighted by atomic mass is 16.2. The lowest BCUT2D eigenvalue weighted by Crippen LogP contribution is -2.54. The number of hydrogen-bond donors (Lipinski definition) is 1. The molecule has 1 amide bonds. The van der Waals surface area contributed by atoms with Crippen molar-refractivity contribution in [1.82, 2.24) is 15.2 Å². The molecule has 92 valence electrons. The molecule has 1 atom stereocenters. The third-order valence-electron chi connectivity index (χ3n) is 3.09. The highest BCUT2D eigenvalue weighted by Crippen LogP contribution is 2.09. The molecule has 0 saturated carbocycles. The Hall–Kier alpha value is -1.42. The van der Waals surface area contributed by atoms with Gasteiger partial charge in [0.25, 0.3) is 0 Å². The van der Waals surface area contributed by atoms with Crippen molar-refractivity contribution in [3.63, 3.8) is 0 Å². The van der Waals surface area contributed by atoms with E-state index in [0.717, 1.165) is 30.9 Å². The van der Waals surface area contributed by atoms with Crippen LogP contribution in [0.3, 0.4) is 0 Å². The molecule has 1 N–H and O–H groups in total. The molecule has 17 heavy (non-hydrogen) atoms. The van der Waals surface area contributed by atoms with E-state index in [0.29, 0.717) is 6.54 Å². The fourth-order valence-electron chi connectivity index (χ4n) is 2.15. The van der Waals surface area contributed by atoms with Crippen LogP contribution >= 0.6 is 0 Å². The van der Waals surface area contributed by atoms with E-state index in [1.54, 1.807) is 0 Å². The van der Waals surface area contributed by atoms with E-state index in [4.69, 9.17) is 0 Å². The minimum absolute atomic E-state index is 0.0199. The third kappa shape index (κ3) is 2.82. The van der Waals surface area contributed by atoms with Gasteiger partial charge < -0.3 is 10.2 Å². The van der Waals surface area contributed by atoms with Gasteiger partial charge in [-0.15, -0.1) is 0 Å². The summed E-state index contributed by atoms with van der Waals surface area (Å²) in [5.74, 6) is 0.196. The highest BCUT2D eigenvalue weighted by Gasteiger charge is 2.26. The fraction of sp³-hybridized carbons (Fsp3) is 0.538. The van der Waals surface area contributed by atoms with Crippen LogP contribution in [0.4, 0.5) is 0 Å². The summed E-state index contributed by atoms with van der Waals surface area (Å²) in [7, 11) is 0. The van der Waals surface area contributed by atoms with Crippen molar-refractivity contribution in [2.24, 2.45) is 0 Å². The number of nitrogens with zero attached hydrogens (tertiary/aromatic N) is 2. The third-order valence-corrected chi connectivity index (χ3v) is 3.09. The van der Waals surface area contributed by atoms with Crippen molar-refractivity contribution >= 4 is 5.91 Å². The normalized spacial score (nSPS) is 20.7. The number of piperazine rings is 1. The number of amides is 1. The van der Waals surface area contributed by atoms with E-state index in [-0.39, 0.29) is 11.9 Å². The average molecular weight is 233 g/mol. The second-order valence-corrected chi connectivity index (χ2v) is 4.45. The second-order valence-electron chi connectivity index (χ2n) is 4.45. The SMILES string of the molecule is CCC1NCCN(Cc2cccc(C)n2)C1=O. The molecule has 0 bridgehead atoms. The van der Waals surface area contributed by atoms with Gasteiger partial charge in [0.1, 0.15) is 0 Å². The predicted molar refractivity (Wildman–Crippen MR) is 66.5 cm³/mol. The fourth-order valence-corrected chi connectivity index (χ4v) is 2.15. The van der Waals surface area contributed by atoms with Gasteiger partial charge in [0, 0.05) is 18.8 Å². The van der Waals surface area contributed by atoms with Crippen LogP contribution in [0.1, 0.15) is 24.7 Å². The van der Waals surface area contributed by atoms with E-state index < -0.39 is 0 Å². The van der Waals surface area contributed by atoms with Gasteiger partial charge in [-0.3, -0.25) is 9.78 Å². The quantitative estimate of drug-likeness (QED) is 0.850. The summed E-state index contributed by atoms with van der Waals surface area (Å²) in [5.41, 5.74) is 1.97. The van der Waals surface area contributed by atoms with Gasteiger partial charge in [-0.1, -0.05) is 13.0 Å². The molecule has 0 radical (unpaired) electrons. The van der Waals surface area contributed by atoms with E-state index in [9.17, 15) is 4.79 Å². The zero-order valence-electron chi connectivity index (χ0n) is 10.4. The maximum atomic E-state index is 12.1. The number of aromatic nitrogens is 1. The van der Waals surface area contributed by atoms with Gasteiger partial charge in [0.2, 0.25) is 5.91 Å². The summed E-state index contributed by atoms with van der Waals surface area (Å²) in [6, 6.07) is 5.91. The van der Waals surface area contributed by atoms with Crippen molar-refractivity contribution in [3.8, 4) is 0 Å². The van der Waals surface area contributed by atoms with E-state index >= 15 is 0 Å². The number of carbonyl (C=O) groups is 1. The zero-order chi connectivity index (χ0) is 12.3. The van der Waals surface area contributed by atoms with Crippen LogP contribution in [0.25, 0.3) is 0 Å². The summed E-state index contributed by atoms with van der Waals surface area (Å²) in [5, 5.41) is 3.23. The van der Waals surface area contributed by atoms with Gasteiger partial charge >= 0.3 is 0 Å². The summed E-state index contributed by atoms with van der Waals surface area (Å²) >= 11 is 0. The molecule has 1 unspecified atom stereocenters. The summed E-state index contributed by atoms with van der Waals surface area (Å²) in [6.45, 7) is 6.27. The molecule has 0 aliphatic carbocycles. The van der Waals surface area contributed by atoms with Crippen molar-refractivity contribution in [1.29, 1.82) is 0 Å². The monoisotopic (exact) mass is 233 g/mol. The lowest BCUT2D eigenvalue weighted by molar-refractivity contribution is -0.136. The van der Waals surface area contributed by atoms with Crippen LogP contribution in [0.2, 0.25) is 0 Å². The van der Waals surface area contributed by atoms with E-state index in [1.807, 2.05) is 36.9 Å². The molecule has 4 nitrogen and oxygen atoms in total. The van der Waals surface area contributed by atoms with Gasteiger partial charge in [0.15, 0.2) is 0 Å². The van der Waals surface area contributed by atoms with Crippen molar-refractivity contribution in [2.45, 2.75) is 32.9 Å². The number of nitrogens with one attached hydrogen (secondary N) is 1. The van der Waals surface area contributed by atoms with Crippen LogP contribution in [0.15, 0.2) is 18.2 Å². The largest absolute Gasteiger partial charge is 0.334 e. The van der Waals surface area contributed by atoms with Crippen LogP contribution in [-0.2, 0) is 11.3 Å². The van der Waals surface area contributed by atoms with E-state index in [2.05, 4.69) is 10.3 Å². The minimum Gasteiger partial charge on any atom is -0.334 e. The van der Waals surface area contributed by atoms with Crippen molar-refractivity contribution < 1.29 is 4.79 Å². The van der Waals surface area contributed by atoms with E-state index in [1.165, 1.54) is 0 Å². The van der Waals surface area contributed by atoms with Crippen LogP contribution in [0, 0.1) is 6.92 Å². The number of pyridine rings is 1. The Morgan fingerprint density at radius 3 is 3.06 bits per heavy atom. The predicted octanol–water partition coefficient (Wildman–Crippen LogP) is 1.10. The Labute approximate surface area is 102 Å². The molecular formula is C13H19N3O. The molecule has 0 aromatic carbocycles. The van der Waals surface area contributed by atoms with Crippen molar-refractivity contribution in [3.05, 3.63) is 29.6 Å². The van der Waals surface area contributed by atoms with Gasteiger partial charge in [-0.2, -0.15) is 0 Å². The molecular weight excluding hydrogens is 214 g/mol. The number of hydrogen-bond acceptors (Lipinski definition) is 3. The minimum atomic E-state index is -0.0199. The first-order valence-electron chi connectivity index (χ1n) is 6.15. The Morgan fingerprint density at radius 2 is 2.35 bits per heavy atom. The Bertz CT molecular complexity index is 405. The zero-order valence-corrected chi connectivity index (χ0v) is 10.4. The molecule has 0 spiro atoms. The highest BCUT2D eigenvalue weighted by molar-refractivity contribution is 5.82. The van der Waals surface area contributed by atoms with Gasteiger partial charge in [-0.05, 0) is 25.5 Å². The van der Waals surface area contributed by atoms with Gasteiger partial charge in [-0.25, -0.2) is 0 Å². The molecule has 1 aromatic heterocycles. The first-order chi connectivity index (χ1) is 8.20. The lowest BCUT2D eigenvalue weighted by atomic mass is 10.1. The smallest absolute Gasteiger partial charge is 0.240 e. The first kappa shape index (κ1) is 12.0. The standard InChI is InChI=1S/C13H19N3O/c1-3-12-13(17)16(8-7-14-12)9-11-6-4-5-10(2)15-11/h4-6,12,14H,3,7-9H2,1-2H3. The van der Waals surface area contributed by atoms with Crippen LogP contribution < -0.4 is 5.32 Å². The topological polar surface area (TPSA) is 45.2 Å². The molecule has 4 heteroatoms. The number of carbonyl (C=O) groups excluding carboxylic acids is 1. The van der Waals surface area contributed by atoms with Crippen LogP contribution in [-0.4, -0.2) is 34.9 Å². The lowest BCUT2D eigenvalue weighted by Gasteiger charge is -2.32. The molecule has 1 aromatic rings. The number of aryl methyl sites for hydroxylation is 1. The molecule has 1 aliphatic rings. The average Bonchev–Trinajstić information content (AvgIpc) is 2.32. The summed E-state index contributed by atoms with van der Waals surface area (Å²) in [4.78, 5) is 18.4. The molecule has 2 rings (SSSR count). The Balaban J connectivity index is 2.05. The Kier molecular flexibility index (Phi) is 3.74. The van der Waals surface area contributed by atoms with Crippen molar-refractivity contribution in [2.75, 3.05) is 13.1 Å². The first-order valence-corrected chi connectivity index (χ1v) is 6.15. The second kappa shape index (κ2) is 5.27. The maximum absolute atomic E-state index is 12.1. The maximum Gasteiger partial charge on any atom is 0.240 e. The van der Waals surface area contributed by atoms with Gasteiger partial charge in [0.05, 0.1) is 18.3 Å². The Morgan fingerprint density at radius 1 is 1.53 bits per heavy atom. The summed E-state index contributed by atoms with van der Waals surface area (Å²) in [6.07, 6.45) is 0.844. The number of rotatable bonds is 3. The van der Waals surface area contributed by atoms with Crippen LogP contribution in [0.5, 0.6) is 0 Å². The molecule has 1 fully saturated rings.